The molecule has 0 fully saturated rings. The maximum Gasteiger partial charge on any atom is 0.347 e. The third-order valence-corrected chi connectivity index (χ3v) is 2.41. The first kappa shape index (κ1) is 11.2. The molecule has 0 radical (unpaired) electrons. The third-order valence-electron chi connectivity index (χ3n) is 2.41. The van der Waals surface area contributed by atoms with Crippen LogP contribution in [-0.2, 0) is 0 Å². The van der Waals surface area contributed by atoms with Crippen molar-refractivity contribution in [3.8, 4) is 11.5 Å². The first-order valence-electron chi connectivity index (χ1n) is 4.88. The predicted molar refractivity (Wildman–Crippen MR) is 60.7 cm³/mol. The Hall–Kier alpha value is -2.30. The highest BCUT2D eigenvalue weighted by Gasteiger charge is 2.12. The fraction of sp³-hybridized carbons (Fsp3) is 0.167. The molecule has 17 heavy (non-hydrogen) atoms. The maximum atomic E-state index is 11.4. The average molecular weight is 234 g/mol. The lowest BCUT2D eigenvalue weighted by Crippen LogP contribution is -2.10. The zero-order valence-electron chi connectivity index (χ0n) is 9.31. The molecule has 0 aliphatic heterocycles. The van der Waals surface area contributed by atoms with Gasteiger partial charge in [-0.25, -0.2) is 4.79 Å². The van der Waals surface area contributed by atoms with Gasteiger partial charge in [-0.15, -0.1) is 0 Å². The number of rotatable bonds is 2. The van der Waals surface area contributed by atoms with Crippen LogP contribution in [0.1, 0.15) is 17.3 Å². The average Bonchev–Trinajstić information content (AvgIpc) is 2.27. The first-order valence-corrected chi connectivity index (χ1v) is 4.88. The van der Waals surface area contributed by atoms with Crippen LogP contribution in [0.2, 0.25) is 0 Å². The fourth-order valence-electron chi connectivity index (χ4n) is 1.54. The standard InChI is InChI=1S/C12H10O5/c1-6(13)8-3-7-4-11(16-2)9(14)5-10(7)17-12(8)15/h3-5,14H,1-2H3. The predicted octanol–water partition coefficient (Wildman–Crippen LogP) is 1.71. The van der Waals surface area contributed by atoms with Gasteiger partial charge in [0.25, 0.3) is 0 Å². The second kappa shape index (κ2) is 3.93. The van der Waals surface area contributed by atoms with Crippen LogP contribution in [0.3, 0.4) is 0 Å². The molecule has 1 aromatic carbocycles. The van der Waals surface area contributed by atoms with E-state index in [9.17, 15) is 14.7 Å². The van der Waals surface area contributed by atoms with Crippen LogP contribution in [0, 0.1) is 0 Å². The lowest BCUT2D eigenvalue weighted by atomic mass is 10.1. The Morgan fingerprint density at radius 3 is 2.65 bits per heavy atom. The maximum absolute atomic E-state index is 11.4. The van der Waals surface area contributed by atoms with E-state index in [-0.39, 0.29) is 28.4 Å². The van der Waals surface area contributed by atoms with Gasteiger partial charge in [-0.05, 0) is 19.1 Å². The van der Waals surface area contributed by atoms with Gasteiger partial charge in [-0.3, -0.25) is 4.79 Å². The molecular formula is C12H10O5. The number of benzene rings is 1. The summed E-state index contributed by atoms with van der Waals surface area (Å²) in [5.74, 6) is -0.243. The molecule has 5 heteroatoms. The molecule has 1 N–H and O–H groups in total. The lowest BCUT2D eigenvalue weighted by molar-refractivity contribution is 0.101. The van der Waals surface area contributed by atoms with Crippen molar-refractivity contribution >= 4 is 16.8 Å². The summed E-state index contributed by atoms with van der Waals surface area (Å²) in [4.78, 5) is 22.6. The number of hydrogen-bond acceptors (Lipinski definition) is 5. The number of methoxy groups -OCH3 is 1. The fourth-order valence-corrected chi connectivity index (χ4v) is 1.54. The van der Waals surface area contributed by atoms with Gasteiger partial charge in [0.15, 0.2) is 17.3 Å². The van der Waals surface area contributed by atoms with Crippen molar-refractivity contribution in [2.75, 3.05) is 7.11 Å². The summed E-state index contributed by atoms with van der Waals surface area (Å²) in [5.41, 5.74) is -0.530. The summed E-state index contributed by atoms with van der Waals surface area (Å²) in [6, 6.07) is 4.20. The van der Waals surface area contributed by atoms with E-state index in [1.807, 2.05) is 0 Å². The van der Waals surface area contributed by atoms with E-state index in [0.717, 1.165) is 0 Å². The molecule has 0 aliphatic carbocycles. The number of fused-ring (bicyclic) bond motifs is 1. The van der Waals surface area contributed by atoms with Gasteiger partial charge in [0.05, 0.1) is 7.11 Å². The Kier molecular flexibility index (Phi) is 2.59. The molecule has 5 nitrogen and oxygen atoms in total. The van der Waals surface area contributed by atoms with Crippen molar-refractivity contribution in [2.45, 2.75) is 6.92 Å². The van der Waals surface area contributed by atoms with Gasteiger partial charge in [0, 0.05) is 11.5 Å². The number of phenolic OH excluding ortho intramolecular Hbond substituents is 1. The summed E-state index contributed by atoms with van der Waals surface area (Å²) in [6.45, 7) is 1.29. The Labute approximate surface area is 96.2 Å². The van der Waals surface area contributed by atoms with Crippen LogP contribution < -0.4 is 10.4 Å². The second-order valence-electron chi connectivity index (χ2n) is 3.57. The van der Waals surface area contributed by atoms with Gasteiger partial charge < -0.3 is 14.3 Å². The van der Waals surface area contributed by atoms with Crippen molar-refractivity contribution in [3.05, 3.63) is 34.2 Å². The quantitative estimate of drug-likeness (QED) is 0.632. The van der Waals surface area contributed by atoms with Crippen molar-refractivity contribution in [1.82, 2.24) is 0 Å². The molecule has 0 aliphatic rings. The van der Waals surface area contributed by atoms with Gasteiger partial charge in [-0.1, -0.05) is 0 Å². The highest BCUT2D eigenvalue weighted by Crippen LogP contribution is 2.30. The summed E-state index contributed by atoms with van der Waals surface area (Å²) in [7, 11) is 1.41. The van der Waals surface area contributed by atoms with Crippen LogP contribution in [0.5, 0.6) is 11.5 Å². The van der Waals surface area contributed by atoms with E-state index >= 15 is 0 Å². The van der Waals surface area contributed by atoms with Gasteiger partial charge in [0.1, 0.15) is 11.1 Å². The van der Waals surface area contributed by atoms with Crippen LogP contribution in [0.25, 0.3) is 11.0 Å². The van der Waals surface area contributed by atoms with Crippen molar-refractivity contribution in [2.24, 2.45) is 0 Å². The normalized spacial score (nSPS) is 10.5. The number of aromatic hydroxyl groups is 1. The van der Waals surface area contributed by atoms with Crippen LogP contribution in [0.15, 0.2) is 27.4 Å². The van der Waals surface area contributed by atoms with E-state index in [0.29, 0.717) is 5.39 Å². The molecule has 0 amide bonds. The smallest absolute Gasteiger partial charge is 0.347 e. The zero-order chi connectivity index (χ0) is 12.6. The number of Topliss-reactive ketones (excluding diaryl/α,β-unsaturated/α-hetero) is 1. The number of hydrogen-bond donors (Lipinski definition) is 1. The molecule has 1 aromatic heterocycles. The van der Waals surface area contributed by atoms with Crippen molar-refractivity contribution in [3.63, 3.8) is 0 Å². The summed E-state index contributed by atoms with van der Waals surface area (Å²) < 4.78 is 9.87. The monoisotopic (exact) mass is 234 g/mol. The number of ketones is 1. The van der Waals surface area contributed by atoms with Crippen LogP contribution in [0.4, 0.5) is 0 Å². The van der Waals surface area contributed by atoms with Gasteiger partial charge in [-0.2, -0.15) is 0 Å². The molecule has 0 saturated carbocycles. The van der Waals surface area contributed by atoms with Gasteiger partial charge >= 0.3 is 5.63 Å². The minimum atomic E-state index is -0.713. The Morgan fingerprint density at radius 2 is 2.06 bits per heavy atom. The molecule has 0 bridgehead atoms. The molecule has 1 heterocycles. The highest BCUT2D eigenvalue weighted by molar-refractivity contribution is 5.96. The Balaban J connectivity index is 2.80. The van der Waals surface area contributed by atoms with E-state index < -0.39 is 5.63 Å². The molecule has 88 valence electrons. The number of carbonyl (C=O) groups is 1. The minimum absolute atomic E-state index is 0.0229. The highest BCUT2D eigenvalue weighted by atomic mass is 16.5. The van der Waals surface area contributed by atoms with Crippen molar-refractivity contribution in [1.29, 1.82) is 0 Å². The van der Waals surface area contributed by atoms with E-state index in [4.69, 9.17) is 9.15 Å². The molecule has 2 rings (SSSR count). The minimum Gasteiger partial charge on any atom is -0.504 e. The largest absolute Gasteiger partial charge is 0.504 e. The number of carbonyl (C=O) groups excluding carboxylic acids is 1. The van der Waals surface area contributed by atoms with E-state index in [1.165, 1.54) is 32.2 Å². The molecule has 0 saturated heterocycles. The van der Waals surface area contributed by atoms with Gasteiger partial charge in [0.2, 0.25) is 0 Å². The molecule has 0 spiro atoms. The number of phenols is 1. The Morgan fingerprint density at radius 1 is 1.35 bits per heavy atom. The third kappa shape index (κ3) is 1.87. The SMILES string of the molecule is COc1cc2cc(C(C)=O)c(=O)oc2cc1O. The first-order chi connectivity index (χ1) is 8.02. The van der Waals surface area contributed by atoms with E-state index in [1.54, 1.807) is 0 Å². The number of ether oxygens (including phenoxy) is 1. The van der Waals surface area contributed by atoms with Crippen LogP contribution in [-0.4, -0.2) is 18.0 Å². The lowest BCUT2D eigenvalue weighted by Gasteiger charge is -2.05. The van der Waals surface area contributed by atoms with E-state index in [2.05, 4.69) is 0 Å². The summed E-state index contributed by atoms with van der Waals surface area (Å²) in [5, 5.41) is 10.0. The van der Waals surface area contributed by atoms with Crippen LogP contribution >= 0.6 is 0 Å². The molecule has 2 aromatic rings. The van der Waals surface area contributed by atoms with Crippen molar-refractivity contribution < 1.29 is 19.1 Å². The molecular weight excluding hydrogens is 224 g/mol. The molecule has 0 unspecified atom stereocenters. The summed E-state index contributed by atoms with van der Waals surface area (Å²) in [6.07, 6.45) is 0. The zero-order valence-corrected chi connectivity index (χ0v) is 9.31. The molecule has 0 atom stereocenters. The topological polar surface area (TPSA) is 76.7 Å². The second-order valence-corrected chi connectivity index (χ2v) is 3.57. The summed E-state index contributed by atoms with van der Waals surface area (Å²) >= 11 is 0. The Bertz CT molecular complexity index is 654.